The van der Waals surface area contributed by atoms with Crippen LogP contribution in [0.25, 0.3) is 0 Å². The van der Waals surface area contributed by atoms with Crippen LogP contribution in [0.1, 0.15) is 29.5 Å². The van der Waals surface area contributed by atoms with Crippen LogP contribution in [-0.2, 0) is 14.3 Å². The van der Waals surface area contributed by atoms with Crippen LogP contribution in [0.5, 0.6) is 0 Å². The molecule has 5 rings (SSSR count). The predicted molar refractivity (Wildman–Crippen MR) is 152 cm³/mol. The van der Waals surface area contributed by atoms with Crippen molar-refractivity contribution in [2.45, 2.75) is 34.9 Å². The second-order valence-electron chi connectivity index (χ2n) is 9.68. The van der Waals surface area contributed by atoms with Crippen LogP contribution in [0.4, 0.5) is 9.59 Å². The van der Waals surface area contributed by atoms with Crippen molar-refractivity contribution in [1.82, 2.24) is 15.5 Å². The molecule has 2 N–H and O–H groups in total. The van der Waals surface area contributed by atoms with Crippen LogP contribution in [0.3, 0.4) is 0 Å². The van der Waals surface area contributed by atoms with Gasteiger partial charge in [0.1, 0.15) is 12.6 Å². The van der Waals surface area contributed by atoms with Gasteiger partial charge >= 0.3 is 12.1 Å². The maximum absolute atomic E-state index is 13.1. The van der Waals surface area contributed by atoms with Gasteiger partial charge in [0.2, 0.25) is 0 Å². The van der Waals surface area contributed by atoms with Crippen molar-refractivity contribution in [2.75, 3.05) is 13.2 Å². The van der Waals surface area contributed by atoms with E-state index in [2.05, 4.69) is 53.6 Å². The van der Waals surface area contributed by atoms with E-state index in [0.29, 0.717) is 19.4 Å². The molecular formula is C31H31N3O4S. The summed E-state index contributed by atoms with van der Waals surface area (Å²) in [5.41, 5.74) is 3.41. The monoisotopic (exact) mass is 541 g/mol. The van der Waals surface area contributed by atoms with Gasteiger partial charge in [0.15, 0.2) is 0 Å². The van der Waals surface area contributed by atoms with Gasteiger partial charge in [0.05, 0.1) is 4.75 Å². The molecule has 0 aliphatic carbocycles. The summed E-state index contributed by atoms with van der Waals surface area (Å²) in [6, 6.07) is 29.7. The Morgan fingerprint density at radius 1 is 0.949 bits per heavy atom. The van der Waals surface area contributed by atoms with Gasteiger partial charge in [-0.05, 0) is 29.5 Å². The molecule has 200 valence electrons. The van der Waals surface area contributed by atoms with E-state index < -0.39 is 22.9 Å². The zero-order valence-corrected chi connectivity index (χ0v) is 22.3. The number of hydrogen-bond donors (Lipinski definition) is 2. The van der Waals surface area contributed by atoms with E-state index in [4.69, 9.17) is 4.74 Å². The molecule has 39 heavy (non-hydrogen) atoms. The molecule has 3 atom stereocenters. The SMILES string of the molecule is C=CCOC(=O)N1CC(SC(c2ccccc2)(c2ccccc2)c2ccccc2)CC1CC1NC(=O)NC1=O. The minimum absolute atomic E-state index is 0.0204. The van der Waals surface area contributed by atoms with Crippen LogP contribution < -0.4 is 10.6 Å². The lowest BCUT2D eigenvalue weighted by Crippen LogP contribution is -2.41. The minimum atomic E-state index is -0.692. The van der Waals surface area contributed by atoms with Crippen LogP contribution in [0.2, 0.25) is 0 Å². The Kier molecular flexibility index (Phi) is 8.02. The first kappa shape index (κ1) is 26.6. The third-order valence-corrected chi connectivity index (χ3v) is 8.92. The van der Waals surface area contributed by atoms with Gasteiger partial charge in [0, 0.05) is 17.8 Å². The average molecular weight is 542 g/mol. The Bertz CT molecular complexity index is 1220. The zero-order chi connectivity index (χ0) is 27.2. The Labute approximate surface area is 232 Å². The molecule has 0 bridgehead atoms. The van der Waals surface area contributed by atoms with E-state index in [-0.39, 0.29) is 23.8 Å². The normalized spacial score (nSPS) is 20.8. The van der Waals surface area contributed by atoms with Gasteiger partial charge in [-0.1, -0.05) is 104 Å². The molecule has 4 amide bonds. The standard InChI is InChI=1S/C31H31N3O4S/c1-2-18-38-30(37)34-21-26(19-25(34)20-27-28(35)33-29(36)32-27)39-31(22-12-6-3-7-13-22,23-14-8-4-9-15-23)24-16-10-5-11-17-24/h2-17,25-27H,1,18-21H2,(H2,32,33,35,36). The van der Waals surface area contributed by atoms with Gasteiger partial charge in [-0.2, -0.15) is 0 Å². The molecule has 0 radical (unpaired) electrons. The van der Waals surface area contributed by atoms with E-state index in [9.17, 15) is 14.4 Å². The molecule has 2 heterocycles. The van der Waals surface area contributed by atoms with Gasteiger partial charge in [-0.3, -0.25) is 10.1 Å². The van der Waals surface area contributed by atoms with Crippen molar-refractivity contribution in [3.8, 4) is 0 Å². The molecule has 3 aromatic rings. The highest BCUT2D eigenvalue weighted by molar-refractivity contribution is 8.01. The second kappa shape index (κ2) is 11.8. The van der Waals surface area contributed by atoms with Gasteiger partial charge in [-0.25, -0.2) is 9.59 Å². The molecule has 2 aliphatic rings. The molecule has 2 fully saturated rings. The zero-order valence-electron chi connectivity index (χ0n) is 21.5. The number of ether oxygens (including phenoxy) is 1. The quantitative estimate of drug-likeness (QED) is 0.224. The Balaban J connectivity index is 1.52. The lowest BCUT2D eigenvalue weighted by atomic mass is 9.84. The fraction of sp³-hybridized carbons (Fsp3) is 0.258. The van der Waals surface area contributed by atoms with Gasteiger partial charge < -0.3 is 15.0 Å². The molecule has 0 spiro atoms. The number of rotatable bonds is 9. The molecule has 3 aromatic carbocycles. The topological polar surface area (TPSA) is 87.7 Å². The molecule has 0 saturated carbocycles. The summed E-state index contributed by atoms with van der Waals surface area (Å²) in [5, 5.41) is 4.98. The summed E-state index contributed by atoms with van der Waals surface area (Å²) < 4.78 is 4.88. The summed E-state index contributed by atoms with van der Waals surface area (Å²) in [6.07, 6.45) is 2.04. The summed E-state index contributed by atoms with van der Waals surface area (Å²) >= 11 is 1.81. The molecule has 2 aliphatic heterocycles. The van der Waals surface area contributed by atoms with E-state index in [1.165, 1.54) is 6.08 Å². The van der Waals surface area contributed by atoms with Crippen molar-refractivity contribution in [2.24, 2.45) is 0 Å². The molecule has 7 nitrogen and oxygen atoms in total. The summed E-state index contributed by atoms with van der Waals surface area (Å²) in [6.45, 7) is 4.19. The Morgan fingerprint density at radius 2 is 1.49 bits per heavy atom. The summed E-state index contributed by atoms with van der Waals surface area (Å²) in [4.78, 5) is 38.9. The lowest BCUT2D eigenvalue weighted by Gasteiger charge is -2.37. The highest BCUT2D eigenvalue weighted by Gasteiger charge is 2.46. The highest BCUT2D eigenvalue weighted by atomic mass is 32.2. The largest absolute Gasteiger partial charge is 0.445 e. The fourth-order valence-electron chi connectivity index (χ4n) is 5.49. The van der Waals surface area contributed by atoms with Gasteiger partial charge in [0.25, 0.3) is 5.91 Å². The third-order valence-electron chi connectivity index (χ3n) is 7.19. The molecule has 0 aromatic heterocycles. The molecule has 8 heteroatoms. The number of nitrogens with zero attached hydrogens (tertiary/aromatic N) is 1. The van der Waals surface area contributed by atoms with Crippen molar-refractivity contribution in [1.29, 1.82) is 0 Å². The summed E-state index contributed by atoms with van der Waals surface area (Å²) in [7, 11) is 0. The highest BCUT2D eigenvalue weighted by Crippen LogP contribution is 2.52. The van der Waals surface area contributed by atoms with Crippen LogP contribution >= 0.6 is 11.8 Å². The van der Waals surface area contributed by atoms with Crippen LogP contribution in [0.15, 0.2) is 104 Å². The number of likely N-dealkylation sites (tertiary alicyclic amines) is 1. The fourth-order valence-corrected chi connectivity index (χ4v) is 7.36. The van der Waals surface area contributed by atoms with Gasteiger partial charge in [-0.15, -0.1) is 11.8 Å². The average Bonchev–Trinajstić information content (AvgIpc) is 3.52. The maximum Gasteiger partial charge on any atom is 0.410 e. The van der Waals surface area contributed by atoms with Crippen molar-refractivity contribution < 1.29 is 19.1 Å². The van der Waals surface area contributed by atoms with Crippen molar-refractivity contribution in [3.05, 3.63) is 120 Å². The number of urea groups is 1. The number of carbonyl (C=O) groups is 3. The van der Waals surface area contributed by atoms with E-state index in [1.807, 2.05) is 66.4 Å². The van der Waals surface area contributed by atoms with E-state index >= 15 is 0 Å². The first-order chi connectivity index (χ1) is 19.0. The minimum Gasteiger partial charge on any atom is -0.445 e. The summed E-state index contributed by atoms with van der Waals surface area (Å²) in [5.74, 6) is -0.372. The second-order valence-corrected chi connectivity index (χ2v) is 11.2. The number of nitrogens with one attached hydrogen (secondary N) is 2. The first-order valence-corrected chi connectivity index (χ1v) is 13.9. The maximum atomic E-state index is 13.1. The Hall–Kier alpha value is -4.04. The van der Waals surface area contributed by atoms with Crippen LogP contribution in [-0.4, -0.2) is 53.4 Å². The Morgan fingerprint density at radius 3 is 1.95 bits per heavy atom. The van der Waals surface area contributed by atoms with E-state index in [0.717, 1.165) is 16.7 Å². The number of amides is 4. The lowest BCUT2D eigenvalue weighted by molar-refractivity contribution is -0.120. The molecular weight excluding hydrogens is 510 g/mol. The smallest absolute Gasteiger partial charge is 0.410 e. The number of benzene rings is 3. The number of imide groups is 1. The first-order valence-electron chi connectivity index (χ1n) is 13.0. The van der Waals surface area contributed by atoms with Crippen molar-refractivity contribution >= 4 is 29.8 Å². The number of carbonyl (C=O) groups excluding carboxylic acids is 3. The van der Waals surface area contributed by atoms with E-state index in [1.54, 1.807) is 4.90 Å². The molecule has 3 unspecified atom stereocenters. The number of hydrogen-bond acceptors (Lipinski definition) is 5. The molecule has 2 saturated heterocycles. The third kappa shape index (κ3) is 5.56. The predicted octanol–water partition coefficient (Wildman–Crippen LogP) is 5.08. The van der Waals surface area contributed by atoms with Crippen LogP contribution in [0, 0.1) is 0 Å². The number of thioether (sulfide) groups is 1. The van der Waals surface area contributed by atoms with Crippen molar-refractivity contribution in [3.63, 3.8) is 0 Å².